The number of methoxy groups -OCH3 is 1. The highest BCUT2D eigenvalue weighted by atomic mass is 19.1. The Morgan fingerprint density at radius 3 is 2.67 bits per heavy atom. The highest BCUT2D eigenvalue weighted by molar-refractivity contribution is 5.74. The summed E-state index contributed by atoms with van der Waals surface area (Å²) in [6.45, 7) is 5.41. The fourth-order valence-corrected chi connectivity index (χ4v) is 2.57. The molecule has 0 unspecified atom stereocenters. The Kier molecular flexibility index (Phi) is 5.64. The lowest BCUT2D eigenvalue weighted by molar-refractivity contribution is -0.147. The Morgan fingerprint density at radius 1 is 1.38 bits per heavy atom. The van der Waals surface area contributed by atoms with Gasteiger partial charge in [-0.15, -0.1) is 0 Å². The molecular formula is C15H22FN3O2. The van der Waals surface area contributed by atoms with Gasteiger partial charge in [-0.3, -0.25) is 14.8 Å². The molecular weight excluding hydrogens is 273 g/mol. The molecule has 0 bridgehead atoms. The third-order valence-corrected chi connectivity index (χ3v) is 3.95. The van der Waals surface area contributed by atoms with Crippen molar-refractivity contribution in [3.05, 3.63) is 30.1 Å². The van der Waals surface area contributed by atoms with Crippen molar-refractivity contribution in [3.8, 4) is 0 Å². The molecule has 1 aliphatic rings. The first-order valence-electron chi connectivity index (χ1n) is 7.21. The average Bonchev–Trinajstić information content (AvgIpc) is 2.55. The van der Waals surface area contributed by atoms with E-state index in [4.69, 9.17) is 0 Å². The molecule has 5 nitrogen and oxygen atoms in total. The number of esters is 1. The molecule has 0 aliphatic carbocycles. The first kappa shape index (κ1) is 15.9. The molecule has 2 rings (SSSR count). The molecule has 0 amide bonds. The summed E-state index contributed by atoms with van der Waals surface area (Å²) >= 11 is 0. The van der Waals surface area contributed by atoms with Crippen molar-refractivity contribution < 1.29 is 13.9 Å². The summed E-state index contributed by atoms with van der Waals surface area (Å²) in [6, 6.07) is 6.16. The van der Waals surface area contributed by atoms with E-state index >= 15 is 0 Å². The van der Waals surface area contributed by atoms with Gasteiger partial charge in [-0.25, -0.2) is 9.18 Å². The predicted octanol–water partition coefficient (Wildman–Crippen LogP) is 1.27. The summed E-state index contributed by atoms with van der Waals surface area (Å²) in [5.41, 5.74) is 1.05. The van der Waals surface area contributed by atoms with Gasteiger partial charge in [0, 0.05) is 45.0 Å². The third kappa shape index (κ3) is 4.22. The van der Waals surface area contributed by atoms with Crippen molar-refractivity contribution in [3.63, 3.8) is 0 Å². The minimum absolute atomic E-state index is 0.110. The minimum Gasteiger partial charge on any atom is -0.467 e. The van der Waals surface area contributed by atoms with Crippen LogP contribution >= 0.6 is 0 Å². The number of piperazine rings is 1. The van der Waals surface area contributed by atoms with E-state index in [1.54, 1.807) is 6.20 Å². The van der Waals surface area contributed by atoms with Crippen LogP contribution in [-0.4, -0.2) is 66.8 Å². The normalized spacial score (nSPS) is 20.0. The lowest BCUT2D eigenvalue weighted by Gasteiger charge is -2.38. The van der Waals surface area contributed by atoms with Gasteiger partial charge in [0.2, 0.25) is 6.17 Å². The number of pyridine rings is 1. The number of carbonyl (C=O) groups excluding carboxylic acids is 1. The van der Waals surface area contributed by atoms with Crippen LogP contribution in [0.2, 0.25) is 0 Å². The number of carbonyl (C=O) groups is 1. The van der Waals surface area contributed by atoms with Crippen LogP contribution in [0.25, 0.3) is 0 Å². The van der Waals surface area contributed by atoms with Gasteiger partial charge in [0.1, 0.15) is 0 Å². The van der Waals surface area contributed by atoms with E-state index in [9.17, 15) is 9.18 Å². The van der Waals surface area contributed by atoms with E-state index in [0.29, 0.717) is 0 Å². The van der Waals surface area contributed by atoms with Crippen LogP contribution in [0, 0.1) is 0 Å². The van der Waals surface area contributed by atoms with Crippen LogP contribution in [0.4, 0.5) is 4.39 Å². The number of halogens is 1. The summed E-state index contributed by atoms with van der Waals surface area (Å²) in [6.07, 6.45) is 0.237. The second-order valence-electron chi connectivity index (χ2n) is 5.26. The number of ether oxygens (including phenoxy) is 1. The van der Waals surface area contributed by atoms with E-state index in [0.717, 1.165) is 31.9 Å². The minimum atomic E-state index is -1.56. The van der Waals surface area contributed by atoms with Gasteiger partial charge >= 0.3 is 5.97 Å². The first-order valence-corrected chi connectivity index (χ1v) is 7.21. The Balaban J connectivity index is 1.82. The van der Waals surface area contributed by atoms with Crippen molar-refractivity contribution in [2.75, 3.05) is 39.8 Å². The van der Waals surface area contributed by atoms with Crippen LogP contribution in [0.3, 0.4) is 0 Å². The van der Waals surface area contributed by atoms with Gasteiger partial charge in [0.25, 0.3) is 0 Å². The molecule has 1 aromatic rings. The van der Waals surface area contributed by atoms with Crippen molar-refractivity contribution in [1.29, 1.82) is 0 Å². The van der Waals surface area contributed by atoms with Crippen LogP contribution in [0.15, 0.2) is 24.4 Å². The standard InChI is InChI=1S/C15H22FN3O2/c1-12(14-5-3-4-6-17-14)19-9-7-18(8-10-19)11-13(16)15(20)21-2/h3-6,12-13H,7-11H2,1-2H3/t12-,13+/m1/s1. The lowest BCUT2D eigenvalue weighted by Crippen LogP contribution is -2.49. The molecule has 0 saturated carbocycles. The smallest absolute Gasteiger partial charge is 0.341 e. The summed E-state index contributed by atoms with van der Waals surface area (Å²) in [5.74, 6) is -0.792. The quantitative estimate of drug-likeness (QED) is 0.766. The third-order valence-electron chi connectivity index (χ3n) is 3.95. The van der Waals surface area contributed by atoms with Gasteiger partial charge in [0.15, 0.2) is 0 Å². The number of rotatable bonds is 5. The number of nitrogens with zero attached hydrogens (tertiary/aromatic N) is 3. The number of hydrogen-bond donors (Lipinski definition) is 0. The SMILES string of the molecule is COC(=O)[C@@H](F)CN1CCN([C@H](C)c2ccccn2)CC1. The Labute approximate surface area is 124 Å². The monoisotopic (exact) mass is 295 g/mol. The van der Waals surface area contributed by atoms with E-state index in [-0.39, 0.29) is 12.6 Å². The zero-order valence-electron chi connectivity index (χ0n) is 12.5. The van der Waals surface area contributed by atoms with Crippen LogP contribution < -0.4 is 0 Å². The molecule has 2 heterocycles. The fraction of sp³-hybridized carbons (Fsp3) is 0.600. The molecule has 0 radical (unpaired) electrons. The number of hydrogen-bond acceptors (Lipinski definition) is 5. The summed E-state index contributed by atoms with van der Waals surface area (Å²) in [5, 5.41) is 0. The molecule has 116 valence electrons. The van der Waals surface area contributed by atoms with Crippen LogP contribution in [-0.2, 0) is 9.53 Å². The Bertz CT molecular complexity index is 449. The van der Waals surface area contributed by atoms with Crippen molar-refractivity contribution >= 4 is 5.97 Å². The molecule has 0 N–H and O–H groups in total. The maximum Gasteiger partial charge on any atom is 0.341 e. The Hall–Kier alpha value is -1.53. The maximum atomic E-state index is 13.6. The van der Waals surface area contributed by atoms with Gasteiger partial charge in [-0.2, -0.15) is 0 Å². The van der Waals surface area contributed by atoms with Gasteiger partial charge < -0.3 is 4.74 Å². The molecule has 1 aromatic heterocycles. The van der Waals surface area contributed by atoms with E-state index < -0.39 is 12.1 Å². The van der Waals surface area contributed by atoms with Crippen LogP contribution in [0.1, 0.15) is 18.7 Å². The molecule has 1 saturated heterocycles. The van der Waals surface area contributed by atoms with Crippen molar-refractivity contribution in [2.24, 2.45) is 0 Å². The maximum absolute atomic E-state index is 13.6. The highest BCUT2D eigenvalue weighted by Crippen LogP contribution is 2.19. The molecule has 21 heavy (non-hydrogen) atoms. The molecule has 1 aliphatic heterocycles. The predicted molar refractivity (Wildman–Crippen MR) is 77.6 cm³/mol. The summed E-state index contributed by atoms with van der Waals surface area (Å²) < 4.78 is 18.0. The second-order valence-corrected chi connectivity index (χ2v) is 5.26. The lowest BCUT2D eigenvalue weighted by atomic mass is 10.1. The van der Waals surface area contributed by atoms with Gasteiger partial charge in [-0.05, 0) is 19.1 Å². The summed E-state index contributed by atoms with van der Waals surface area (Å²) in [7, 11) is 1.21. The second kappa shape index (κ2) is 7.47. The first-order chi connectivity index (χ1) is 10.1. The molecule has 6 heteroatoms. The molecule has 1 fully saturated rings. The van der Waals surface area contributed by atoms with Crippen LogP contribution in [0.5, 0.6) is 0 Å². The van der Waals surface area contributed by atoms with Gasteiger partial charge in [0.05, 0.1) is 12.8 Å². The highest BCUT2D eigenvalue weighted by Gasteiger charge is 2.26. The fourth-order valence-electron chi connectivity index (χ4n) is 2.57. The van der Waals surface area contributed by atoms with Gasteiger partial charge in [-0.1, -0.05) is 6.07 Å². The van der Waals surface area contributed by atoms with E-state index in [1.165, 1.54) is 7.11 Å². The van der Waals surface area contributed by atoms with E-state index in [1.807, 2.05) is 23.1 Å². The summed E-state index contributed by atoms with van der Waals surface area (Å²) in [4.78, 5) is 19.8. The topological polar surface area (TPSA) is 45.7 Å². The van der Waals surface area contributed by atoms with Crippen molar-refractivity contribution in [1.82, 2.24) is 14.8 Å². The zero-order valence-corrected chi connectivity index (χ0v) is 12.5. The number of aromatic nitrogens is 1. The van der Waals surface area contributed by atoms with Crippen molar-refractivity contribution in [2.45, 2.75) is 19.1 Å². The molecule has 2 atom stereocenters. The number of alkyl halides is 1. The average molecular weight is 295 g/mol. The zero-order chi connectivity index (χ0) is 15.2. The molecule has 0 aromatic carbocycles. The van der Waals surface area contributed by atoms with E-state index in [2.05, 4.69) is 21.5 Å². The largest absolute Gasteiger partial charge is 0.467 e. The Morgan fingerprint density at radius 2 is 2.10 bits per heavy atom. The molecule has 0 spiro atoms.